The number of benzene rings is 1. The van der Waals surface area contributed by atoms with Gasteiger partial charge in [0.25, 0.3) is 0 Å². The second kappa shape index (κ2) is 7.07. The number of rotatable bonds is 5. The Hall–Kier alpha value is -0.350. The van der Waals surface area contributed by atoms with Crippen LogP contribution >= 0.6 is 31.9 Å². The van der Waals surface area contributed by atoms with Crippen molar-refractivity contribution in [1.82, 2.24) is 0 Å². The van der Waals surface area contributed by atoms with Gasteiger partial charge in [-0.25, -0.2) is 0 Å². The van der Waals surface area contributed by atoms with Crippen LogP contribution in [0.15, 0.2) is 30.3 Å². The highest BCUT2D eigenvalue weighted by Crippen LogP contribution is 2.17. The molecule has 0 amide bonds. The molecular formula is C12H14Br2O2. The Morgan fingerprint density at radius 3 is 2.56 bits per heavy atom. The van der Waals surface area contributed by atoms with E-state index >= 15 is 0 Å². The van der Waals surface area contributed by atoms with Crippen molar-refractivity contribution in [2.75, 3.05) is 5.33 Å². The molecule has 0 bridgehead atoms. The van der Waals surface area contributed by atoms with Crippen molar-refractivity contribution in [1.29, 1.82) is 0 Å². The van der Waals surface area contributed by atoms with E-state index in [4.69, 9.17) is 4.74 Å². The van der Waals surface area contributed by atoms with Crippen LogP contribution in [0.25, 0.3) is 0 Å². The number of hydrogen-bond donors (Lipinski definition) is 0. The van der Waals surface area contributed by atoms with Gasteiger partial charge in [0.15, 0.2) is 0 Å². The summed E-state index contributed by atoms with van der Waals surface area (Å²) in [5.41, 5.74) is 1.00. The Morgan fingerprint density at radius 1 is 1.38 bits per heavy atom. The second-order valence-corrected chi connectivity index (χ2v) is 5.26. The van der Waals surface area contributed by atoms with Gasteiger partial charge in [-0.2, -0.15) is 0 Å². The van der Waals surface area contributed by atoms with Gasteiger partial charge in [0.1, 0.15) is 11.4 Å². The molecule has 0 spiro atoms. The lowest BCUT2D eigenvalue weighted by atomic mass is 10.1. The molecule has 1 aromatic carbocycles. The number of alkyl halides is 2. The largest absolute Gasteiger partial charge is 0.460 e. The fourth-order valence-corrected chi connectivity index (χ4v) is 2.31. The smallest absolute Gasteiger partial charge is 0.320 e. The molecular weight excluding hydrogens is 336 g/mol. The van der Waals surface area contributed by atoms with Crippen molar-refractivity contribution in [3.63, 3.8) is 0 Å². The van der Waals surface area contributed by atoms with Crippen LogP contribution in [-0.2, 0) is 16.1 Å². The highest BCUT2D eigenvalue weighted by atomic mass is 79.9. The third-order valence-corrected chi connectivity index (χ3v) is 4.49. The maximum atomic E-state index is 11.6. The third kappa shape index (κ3) is 4.26. The monoisotopic (exact) mass is 348 g/mol. The van der Waals surface area contributed by atoms with Crippen LogP contribution < -0.4 is 0 Å². The van der Waals surface area contributed by atoms with Crippen molar-refractivity contribution in [3.05, 3.63) is 35.9 Å². The zero-order chi connectivity index (χ0) is 12.0. The van der Waals surface area contributed by atoms with E-state index in [0.29, 0.717) is 6.61 Å². The first-order valence-electron chi connectivity index (χ1n) is 5.05. The summed E-state index contributed by atoms with van der Waals surface area (Å²) in [6, 6.07) is 9.66. The molecule has 88 valence electrons. The van der Waals surface area contributed by atoms with Gasteiger partial charge >= 0.3 is 5.97 Å². The number of hydrogen-bond acceptors (Lipinski definition) is 2. The summed E-state index contributed by atoms with van der Waals surface area (Å²) in [6.07, 6.45) is 0. The molecule has 0 saturated heterocycles. The summed E-state index contributed by atoms with van der Waals surface area (Å²) in [4.78, 5) is 11.4. The molecule has 16 heavy (non-hydrogen) atoms. The molecule has 0 saturated carbocycles. The fraction of sp³-hybridized carbons (Fsp3) is 0.417. The van der Waals surface area contributed by atoms with E-state index in [1.165, 1.54) is 0 Å². The molecule has 2 atom stereocenters. The van der Waals surface area contributed by atoms with E-state index in [9.17, 15) is 4.79 Å². The summed E-state index contributed by atoms with van der Waals surface area (Å²) in [5, 5.41) is 0.767. The van der Waals surface area contributed by atoms with E-state index in [2.05, 4.69) is 31.9 Å². The molecule has 0 fully saturated rings. The van der Waals surface area contributed by atoms with Crippen LogP contribution in [-0.4, -0.2) is 16.1 Å². The highest BCUT2D eigenvalue weighted by molar-refractivity contribution is 9.10. The molecule has 1 rings (SSSR count). The van der Waals surface area contributed by atoms with Crippen LogP contribution in [0.1, 0.15) is 12.5 Å². The second-order valence-electron chi connectivity index (χ2n) is 3.63. The number of ether oxygens (including phenoxy) is 1. The van der Waals surface area contributed by atoms with Crippen LogP contribution in [0, 0.1) is 5.92 Å². The van der Waals surface area contributed by atoms with Gasteiger partial charge in [-0.15, -0.1) is 0 Å². The molecule has 4 heteroatoms. The Labute approximate surface area is 113 Å². The summed E-state index contributed by atoms with van der Waals surface area (Å²) in [7, 11) is 0. The Morgan fingerprint density at radius 2 is 2.00 bits per heavy atom. The highest BCUT2D eigenvalue weighted by Gasteiger charge is 2.22. The maximum Gasteiger partial charge on any atom is 0.320 e. The minimum absolute atomic E-state index is 0.211. The Balaban J connectivity index is 2.41. The number of carbonyl (C=O) groups is 1. The SMILES string of the molecule is CC(CBr)C(Br)C(=O)OCc1ccccc1. The molecule has 0 N–H and O–H groups in total. The van der Waals surface area contributed by atoms with Crippen LogP contribution in [0.5, 0.6) is 0 Å². The lowest BCUT2D eigenvalue weighted by Crippen LogP contribution is -2.25. The molecule has 2 unspecified atom stereocenters. The summed E-state index contributed by atoms with van der Waals surface area (Å²) in [5.74, 6) is -0.000855. The number of halogens is 2. The topological polar surface area (TPSA) is 26.3 Å². The quantitative estimate of drug-likeness (QED) is 0.600. The molecule has 1 aromatic rings. The maximum absolute atomic E-state index is 11.6. The predicted molar refractivity (Wildman–Crippen MR) is 71.9 cm³/mol. The predicted octanol–water partition coefficient (Wildman–Crippen LogP) is 3.52. The van der Waals surface area contributed by atoms with Gasteiger partial charge in [0.2, 0.25) is 0 Å². The van der Waals surface area contributed by atoms with Crippen LogP contribution in [0.3, 0.4) is 0 Å². The van der Waals surface area contributed by atoms with Crippen LogP contribution in [0.4, 0.5) is 0 Å². The van der Waals surface area contributed by atoms with Gasteiger partial charge < -0.3 is 4.74 Å². The van der Waals surface area contributed by atoms with E-state index < -0.39 is 0 Å². The first-order chi connectivity index (χ1) is 7.65. The van der Waals surface area contributed by atoms with E-state index in [-0.39, 0.29) is 16.7 Å². The zero-order valence-corrected chi connectivity index (χ0v) is 12.2. The van der Waals surface area contributed by atoms with Crippen molar-refractivity contribution in [2.24, 2.45) is 5.92 Å². The van der Waals surface area contributed by atoms with E-state index in [1.54, 1.807) is 0 Å². The van der Waals surface area contributed by atoms with Gasteiger partial charge in [0.05, 0.1) is 0 Å². The molecule has 0 aliphatic rings. The van der Waals surface area contributed by atoms with Crippen molar-refractivity contribution >= 4 is 37.8 Å². The average Bonchev–Trinajstić information content (AvgIpc) is 2.35. The lowest BCUT2D eigenvalue weighted by molar-refractivity contribution is -0.144. The third-order valence-electron chi connectivity index (χ3n) is 2.19. The lowest BCUT2D eigenvalue weighted by Gasteiger charge is -2.14. The van der Waals surface area contributed by atoms with Crippen molar-refractivity contribution < 1.29 is 9.53 Å². The fourth-order valence-electron chi connectivity index (χ4n) is 1.12. The summed E-state index contributed by atoms with van der Waals surface area (Å²) >= 11 is 6.68. The minimum Gasteiger partial charge on any atom is -0.460 e. The van der Waals surface area contributed by atoms with E-state index in [0.717, 1.165) is 10.9 Å². The van der Waals surface area contributed by atoms with Gasteiger partial charge in [0, 0.05) is 5.33 Å². The first-order valence-corrected chi connectivity index (χ1v) is 7.09. The first kappa shape index (κ1) is 13.7. The molecule has 0 aliphatic heterocycles. The zero-order valence-electron chi connectivity index (χ0n) is 9.03. The number of carbonyl (C=O) groups excluding carboxylic acids is 1. The summed E-state index contributed by atoms with van der Waals surface area (Å²) < 4.78 is 5.21. The van der Waals surface area contributed by atoms with E-state index in [1.807, 2.05) is 37.3 Å². The Bertz CT molecular complexity index is 327. The van der Waals surface area contributed by atoms with Gasteiger partial charge in [-0.1, -0.05) is 69.1 Å². The van der Waals surface area contributed by atoms with Crippen molar-refractivity contribution in [3.8, 4) is 0 Å². The standard InChI is InChI=1S/C12H14Br2O2/c1-9(7-13)11(14)12(15)16-8-10-5-3-2-4-6-10/h2-6,9,11H,7-8H2,1H3. The molecule has 0 aliphatic carbocycles. The molecule has 0 heterocycles. The van der Waals surface area contributed by atoms with Crippen LogP contribution in [0.2, 0.25) is 0 Å². The molecule has 2 nitrogen and oxygen atoms in total. The molecule has 0 radical (unpaired) electrons. The minimum atomic E-state index is -0.254. The normalized spacial score (nSPS) is 14.2. The van der Waals surface area contributed by atoms with Gasteiger partial charge in [-0.05, 0) is 11.5 Å². The number of esters is 1. The van der Waals surface area contributed by atoms with Gasteiger partial charge in [-0.3, -0.25) is 4.79 Å². The average molecular weight is 350 g/mol. The van der Waals surface area contributed by atoms with Crippen molar-refractivity contribution in [2.45, 2.75) is 18.4 Å². The summed E-state index contributed by atoms with van der Waals surface area (Å²) in [6.45, 7) is 2.31. The molecule has 0 aromatic heterocycles. The Kier molecular flexibility index (Phi) is 6.06.